The van der Waals surface area contributed by atoms with Crippen molar-refractivity contribution in [2.45, 2.75) is 77.9 Å². The Kier molecular flexibility index (Phi) is 11.9. The van der Waals surface area contributed by atoms with Crippen LogP contribution in [0.2, 0.25) is 0 Å². The molecule has 4 rings (SSSR count). The number of aromatic nitrogens is 2. The van der Waals surface area contributed by atoms with E-state index in [4.69, 9.17) is 4.74 Å². The molecular formula is C34H46N6O5. The Morgan fingerprint density at radius 1 is 1.13 bits per heavy atom. The normalized spacial score (nSPS) is 15.2. The van der Waals surface area contributed by atoms with Crippen LogP contribution in [0.15, 0.2) is 42.5 Å². The number of hydrogen-bond acceptors (Lipinski definition) is 7. The van der Waals surface area contributed by atoms with Crippen LogP contribution >= 0.6 is 0 Å². The zero-order chi connectivity index (χ0) is 32.3. The minimum Gasteiger partial charge on any atom is -0.469 e. The van der Waals surface area contributed by atoms with Gasteiger partial charge in [0.1, 0.15) is 11.9 Å². The van der Waals surface area contributed by atoms with E-state index >= 15 is 0 Å². The Bertz CT molecular complexity index is 1450. The highest BCUT2D eigenvalue weighted by Gasteiger charge is 2.31. The molecule has 11 nitrogen and oxygen atoms in total. The van der Waals surface area contributed by atoms with Crippen LogP contribution in [-0.2, 0) is 32.2 Å². The van der Waals surface area contributed by atoms with E-state index in [0.29, 0.717) is 43.3 Å². The summed E-state index contributed by atoms with van der Waals surface area (Å²) < 4.78 is 4.85. The Morgan fingerprint density at radius 3 is 2.67 bits per heavy atom. The number of nitrogens with zero attached hydrogens (tertiary/aromatic N) is 3. The Balaban J connectivity index is 1.38. The van der Waals surface area contributed by atoms with Gasteiger partial charge in [-0.3, -0.25) is 19.2 Å². The van der Waals surface area contributed by atoms with Gasteiger partial charge in [-0.1, -0.05) is 45.2 Å². The Hall–Kier alpha value is -4.41. The van der Waals surface area contributed by atoms with Crippen LogP contribution in [0.1, 0.15) is 80.5 Å². The molecule has 1 aliphatic heterocycles. The number of amides is 3. The number of imidazole rings is 1. The monoisotopic (exact) mass is 618 g/mol. The van der Waals surface area contributed by atoms with E-state index in [0.717, 1.165) is 55.1 Å². The molecular weight excluding hydrogens is 572 g/mol. The van der Waals surface area contributed by atoms with E-state index in [1.807, 2.05) is 37.3 Å². The third-order valence-electron chi connectivity index (χ3n) is 8.25. The van der Waals surface area contributed by atoms with Crippen molar-refractivity contribution in [3.63, 3.8) is 0 Å². The lowest BCUT2D eigenvalue weighted by molar-refractivity contribution is -0.144. The molecule has 0 radical (unpaired) electrons. The lowest BCUT2D eigenvalue weighted by Gasteiger charge is -2.24. The Morgan fingerprint density at radius 2 is 1.91 bits per heavy atom. The summed E-state index contributed by atoms with van der Waals surface area (Å²) in [7, 11) is 3.04. The molecule has 0 unspecified atom stereocenters. The second-order valence-corrected chi connectivity index (χ2v) is 11.9. The van der Waals surface area contributed by atoms with Crippen molar-refractivity contribution in [2.75, 3.05) is 32.6 Å². The van der Waals surface area contributed by atoms with Crippen molar-refractivity contribution in [1.29, 1.82) is 0 Å². The minimum absolute atomic E-state index is 0.0336. The van der Waals surface area contributed by atoms with Crippen LogP contribution < -0.4 is 10.6 Å². The van der Waals surface area contributed by atoms with Gasteiger partial charge in [-0.25, -0.2) is 4.98 Å². The molecule has 3 aromatic rings. The molecule has 2 atom stereocenters. The van der Waals surface area contributed by atoms with Gasteiger partial charge in [-0.05, 0) is 55.2 Å². The van der Waals surface area contributed by atoms with Crippen LogP contribution in [0, 0.1) is 5.92 Å². The summed E-state index contributed by atoms with van der Waals surface area (Å²) in [5.74, 6) is 0.0175. The highest BCUT2D eigenvalue weighted by molar-refractivity contribution is 5.96. The van der Waals surface area contributed by atoms with Crippen LogP contribution in [0.3, 0.4) is 0 Å². The smallest absolute Gasteiger partial charge is 0.308 e. The van der Waals surface area contributed by atoms with Gasteiger partial charge < -0.3 is 30.2 Å². The second-order valence-electron chi connectivity index (χ2n) is 11.9. The second kappa shape index (κ2) is 16.1. The number of hydrogen-bond donors (Lipinski definition) is 3. The molecule has 0 aliphatic carbocycles. The zero-order valence-electron chi connectivity index (χ0n) is 26.9. The topological polar surface area (TPSA) is 137 Å². The van der Waals surface area contributed by atoms with E-state index in [-0.39, 0.29) is 30.1 Å². The number of unbranched alkanes of at least 4 members (excludes halogenated alkanes) is 3. The van der Waals surface area contributed by atoms with Crippen molar-refractivity contribution in [3.05, 3.63) is 59.4 Å². The van der Waals surface area contributed by atoms with Crippen LogP contribution in [0.5, 0.6) is 0 Å². The quantitative estimate of drug-likeness (QED) is 0.167. The van der Waals surface area contributed by atoms with Gasteiger partial charge in [0.25, 0.3) is 5.91 Å². The number of para-hydroxylation sites is 2. The number of aromatic amines is 1. The average Bonchev–Trinajstić information content (AvgIpc) is 3.39. The van der Waals surface area contributed by atoms with E-state index in [1.54, 1.807) is 29.0 Å². The fourth-order valence-electron chi connectivity index (χ4n) is 5.66. The fraction of sp³-hybridized carbons (Fsp3) is 0.500. The number of ether oxygens (including phenoxy) is 1. The summed E-state index contributed by atoms with van der Waals surface area (Å²) in [5, 5.41) is 6.24. The van der Waals surface area contributed by atoms with E-state index in [2.05, 4.69) is 27.5 Å². The first-order chi connectivity index (χ1) is 21.7. The molecule has 3 amide bonds. The van der Waals surface area contributed by atoms with Gasteiger partial charge in [-0.2, -0.15) is 0 Å². The van der Waals surface area contributed by atoms with Crippen LogP contribution in [-0.4, -0.2) is 76.7 Å². The number of anilines is 1. The molecule has 0 bridgehead atoms. The number of benzene rings is 2. The maximum absolute atomic E-state index is 13.6. The van der Waals surface area contributed by atoms with Gasteiger partial charge in [0, 0.05) is 43.9 Å². The predicted molar refractivity (Wildman–Crippen MR) is 173 cm³/mol. The van der Waals surface area contributed by atoms with Crippen molar-refractivity contribution in [2.24, 2.45) is 5.92 Å². The number of fused-ring (bicyclic) bond motifs is 2. The SMILES string of the molecule is CCC[C@@H](C)C(=O)NCCCCCCN1Cc2cc(C(=O)N(C)Cc3nc4ccccc4[nH]3)ccc2N[C@@H](CC(=O)OC)C1=O. The largest absolute Gasteiger partial charge is 0.469 e. The van der Waals surface area contributed by atoms with Crippen molar-refractivity contribution >= 4 is 40.4 Å². The van der Waals surface area contributed by atoms with Gasteiger partial charge in [-0.15, -0.1) is 0 Å². The van der Waals surface area contributed by atoms with Crippen molar-refractivity contribution in [1.82, 2.24) is 25.1 Å². The number of methoxy groups -OCH3 is 1. The maximum atomic E-state index is 13.6. The highest BCUT2D eigenvalue weighted by atomic mass is 16.5. The van der Waals surface area contributed by atoms with Crippen LogP contribution in [0.25, 0.3) is 11.0 Å². The number of rotatable bonds is 15. The standard InChI is InChI=1S/C34H46N6O5/c1-5-12-23(2)32(42)35-17-10-6-7-11-18-40-21-25-19-24(15-16-26(25)36-29(34(40)44)20-31(41)45-4)33(43)39(3)22-30-37-27-13-8-9-14-28(27)38-30/h8-9,13-16,19,23,29,36H,5-7,10-12,17-18,20-22H2,1-4H3,(H,35,42)(H,37,38)/t23-,29+/m1/s1. The van der Waals surface area contributed by atoms with Crippen molar-refractivity contribution < 1.29 is 23.9 Å². The zero-order valence-corrected chi connectivity index (χ0v) is 26.9. The number of nitrogens with one attached hydrogen (secondary N) is 3. The lowest BCUT2D eigenvalue weighted by Crippen LogP contribution is -2.42. The number of H-pyrrole nitrogens is 1. The van der Waals surface area contributed by atoms with E-state index in [9.17, 15) is 19.2 Å². The number of carbonyl (C=O) groups excluding carboxylic acids is 4. The molecule has 0 fully saturated rings. The van der Waals surface area contributed by atoms with Crippen molar-refractivity contribution in [3.8, 4) is 0 Å². The molecule has 0 saturated heterocycles. The molecule has 45 heavy (non-hydrogen) atoms. The van der Waals surface area contributed by atoms with Gasteiger partial charge in [0.2, 0.25) is 11.8 Å². The summed E-state index contributed by atoms with van der Waals surface area (Å²) >= 11 is 0. The lowest BCUT2D eigenvalue weighted by atomic mass is 10.1. The van der Waals surface area contributed by atoms with Crippen LogP contribution in [0.4, 0.5) is 5.69 Å². The fourth-order valence-corrected chi connectivity index (χ4v) is 5.66. The van der Waals surface area contributed by atoms with Gasteiger partial charge in [0.05, 0.1) is 31.1 Å². The number of carbonyl (C=O) groups is 4. The molecule has 3 N–H and O–H groups in total. The molecule has 0 saturated carbocycles. The third-order valence-corrected chi connectivity index (χ3v) is 8.25. The average molecular weight is 619 g/mol. The molecule has 2 heterocycles. The highest BCUT2D eigenvalue weighted by Crippen LogP contribution is 2.27. The summed E-state index contributed by atoms with van der Waals surface area (Å²) in [5.41, 5.74) is 3.79. The first-order valence-corrected chi connectivity index (χ1v) is 15.9. The minimum atomic E-state index is -0.767. The van der Waals surface area contributed by atoms with E-state index < -0.39 is 12.0 Å². The molecule has 1 aromatic heterocycles. The van der Waals surface area contributed by atoms with Gasteiger partial charge >= 0.3 is 5.97 Å². The molecule has 1 aliphatic rings. The summed E-state index contributed by atoms with van der Waals surface area (Å²) in [4.78, 5) is 62.5. The molecule has 11 heteroatoms. The van der Waals surface area contributed by atoms with Gasteiger partial charge in [0.15, 0.2) is 0 Å². The van der Waals surface area contributed by atoms with E-state index in [1.165, 1.54) is 7.11 Å². The Labute approximate surface area is 265 Å². The summed E-state index contributed by atoms with van der Waals surface area (Å²) in [6, 6.07) is 12.3. The molecule has 0 spiro atoms. The summed E-state index contributed by atoms with van der Waals surface area (Å²) in [6.45, 7) is 5.83. The first-order valence-electron chi connectivity index (χ1n) is 15.9. The first kappa shape index (κ1) is 33.5. The summed E-state index contributed by atoms with van der Waals surface area (Å²) in [6.07, 6.45) is 5.27. The third kappa shape index (κ3) is 9.06. The maximum Gasteiger partial charge on any atom is 0.308 e. The number of esters is 1. The molecule has 242 valence electrons. The molecule has 2 aromatic carbocycles. The predicted octanol–water partition coefficient (Wildman–Crippen LogP) is 4.63.